The number of carbonyl (C=O) groups excluding carboxylic acids is 1. The Labute approximate surface area is 96.7 Å². The zero-order chi connectivity index (χ0) is 12.4. The van der Waals surface area contributed by atoms with Crippen molar-refractivity contribution in [1.82, 2.24) is 10.6 Å². The first-order valence-corrected chi connectivity index (χ1v) is 7.16. The van der Waals surface area contributed by atoms with Crippen LogP contribution in [0.1, 0.15) is 6.42 Å². The number of carbonyl (C=O) groups is 1. The molecule has 0 unspecified atom stereocenters. The van der Waals surface area contributed by atoms with E-state index in [0.717, 1.165) is 0 Å². The van der Waals surface area contributed by atoms with Crippen LogP contribution in [0.3, 0.4) is 0 Å². The third kappa shape index (κ3) is 11.4. The number of nitrogens with one attached hydrogen (secondary N) is 2. The minimum atomic E-state index is -2.90. The second kappa shape index (κ2) is 8.49. The summed E-state index contributed by atoms with van der Waals surface area (Å²) in [7, 11) is -1.33. The van der Waals surface area contributed by atoms with Gasteiger partial charge < -0.3 is 15.4 Å². The molecule has 0 atom stereocenters. The molecule has 0 heterocycles. The molecule has 0 rings (SSSR count). The molecule has 1 amide bonds. The fourth-order valence-electron chi connectivity index (χ4n) is 1.02. The molecular formula is C9H20N2O4S. The third-order valence-electron chi connectivity index (χ3n) is 1.78. The molecule has 0 aromatic rings. The molecule has 0 fully saturated rings. The summed E-state index contributed by atoms with van der Waals surface area (Å²) >= 11 is 0. The molecule has 0 bridgehead atoms. The van der Waals surface area contributed by atoms with Gasteiger partial charge in [-0.1, -0.05) is 0 Å². The molecule has 0 aliphatic heterocycles. The number of sulfone groups is 1. The Kier molecular flexibility index (Phi) is 8.14. The summed E-state index contributed by atoms with van der Waals surface area (Å²) in [5, 5.41) is 5.51. The number of ether oxygens (including phenoxy) is 1. The average Bonchev–Trinajstić information content (AvgIpc) is 2.16. The van der Waals surface area contributed by atoms with E-state index in [9.17, 15) is 13.2 Å². The van der Waals surface area contributed by atoms with Crippen molar-refractivity contribution in [1.29, 1.82) is 0 Å². The minimum Gasteiger partial charge on any atom is -0.383 e. The molecule has 0 saturated heterocycles. The first-order chi connectivity index (χ1) is 7.45. The van der Waals surface area contributed by atoms with Crippen molar-refractivity contribution >= 4 is 15.7 Å². The highest BCUT2D eigenvalue weighted by atomic mass is 32.2. The molecule has 16 heavy (non-hydrogen) atoms. The van der Waals surface area contributed by atoms with E-state index in [4.69, 9.17) is 4.74 Å². The van der Waals surface area contributed by atoms with Crippen LogP contribution in [0.4, 0.5) is 0 Å². The van der Waals surface area contributed by atoms with Gasteiger partial charge in [0.15, 0.2) is 0 Å². The third-order valence-corrected chi connectivity index (χ3v) is 2.81. The van der Waals surface area contributed by atoms with Gasteiger partial charge in [-0.25, -0.2) is 8.42 Å². The van der Waals surface area contributed by atoms with E-state index in [1.54, 1.807) is 7.11 Å². The van der Waals surface area contributed by atoms with Crippen LogP contribution in [0.25, 0.3) is 0 Å². The number of methoxy groups -OCH3 is 1. The smallest absolute Gasteiger partial charge is 0.234 e. The maximum Gasteiger partial charge on any atom is 0.234 e. The van der Waals surface area contributed by atoms with Crippen LogP contribution in [-0.2, 0) is 19.4 Å². The van der Waals surface area contributed by atoms with E-state index in [0.29, 0.717) is 26.1 Å². The summed E-state index contributed by atoms with van der Waals surface area (Å²) in [5.74, 6) is 0.0297. The molecule has 7 heteroatoms. The van der Waals surface area contributed by atoms with Crippen LogP contribution >= 0.6 is 0 Å². The second-order valence-corrected chi connectivity index (χ2v) is 5.76. The summed E-state index contributed by atoms with van der Waals surface area (Å²) in [5.41, 5.74) is 0. The maximum absolute atomic E-state index is 11.1. The van der Waals surface area contributed by atoms with Gasteiger partial charge in [-0.15, -0.1) is 0 Å². The lowest BCUT2D eigenvalue weighted by Gasteiger charge is -2.05. The van der Waals surface area contributed by atoms with E-state index in [1.165, 1.54) is 6.26 Å². The summed E-state index contributed by atoms with van der Waals surface area (Å²) in [6.07, 6.45) is 1.72. The fraction of sp³-hybridized carbons (Fsp3) is 0.889. The summed E-state index contributed by atoms with van der Waals surface area (Å²) in [6, 6.07) is 0. The zero-order valence-corrected chi connectivity index (χ0v) is 10.6. The monoisotopic (exact) mass is 252 g/mol. The van der Waals surface area contributed by atoms with Crippen LogP contribution in [0.15, 0.2) is 0 Å². The summed E-state index contributed by atoms with van der Waals surface area (Å²) in [6.45, 7) is 1.69. The van der Waals surface area contributed by atoms with Crippen molar-refractivity contribution in [3.05, 3.63) is 0 Å². The Balaban J connectivity index is 3.34. The molecule has 6 nitrogen and oxygen atoms in total. The van der Waals surface area contributed by atoms with E-state index in [2.05, 4.69) is 10.6 Å². The molecular weight excluding hydrogens is 232 g/mol. The molecule has 0 aromatic heterocycles. The fourth-order valence-corrected chi connectivity index (χ4v) is 1.69. The Bertz CT molecular complexity index is 290. The predicted molar refractivity (Wildman–Crippen MR) is 62.1 cm³/mol. The molecule has 2 N–H and O–H groups in total. The largest absolute Gasteiger partial charge is 0.383 e. The van der Waals surface area contributed by atoms with E-state index in [1.807, 2.05) is 0 Å². The normalized spacial score (nSPS) is 11.4. The lowest BCUT2D eigenvalue weighted by Crippen LogP contribution is -2.36. The van der Waals surface area contributed by atoms with Crippen molar-refractivity contribution in [3.8, 4) is 0 Å². The molecule has 0 aromatic carbocycles. The van der Waals surface area contributed by atoms with Gasteiger partial charge in [0, 0.05) is 19.9 Å². The van der Waals surface area contributed by atoms with E-state index < -0.39 is 9.84 Å². The van der Waals surface area contributed by atoms with E-state index >= 15 is 0 Å². The van der Waals surface area contributed by atoms with Crippen molar-refractivity contribution < 1.29 is 17.9 Å². The highest BCUT2D eigenvalue weighted by Crippen LogP contribution is 1.86. The van der Waals surface area contributed by atoms with Crippen LogP contribution in [0.2, 0.25) is 0 Å². The van der Waals surface area contributed by atoms with Gasteiger partial charge >= 0.3 is 0 Å². The highest BCUT2D eigenvalue weighted by Gasteiger charge is 2.02. The minimum absolute atomic E-state index is 0.114. The Morgan fingerprint density at radius 3 is 2.56 bits per heavy atom. The Morgan fingerprint density at radius 1 is 1.31 bits per heavy atom. The Hall–Kier alpha value is -0.660. The van der Waals surface area contributed by atoms with Gasteiger partial charge in [-0.2, -0.15) is 0 Å². The van der Waals surface area contributed by atoms with Crippen molar-refractivity contribution in [2.75, 3.05) is 45.4 Å². The SMILES string of the molecule is COCCNC(=O)CNCCCS(C)(=O)=O. The standard InChI is InChI=1S/C9H20N2O4S/c1-15-6-5-11-9(12)8-10-4-3-7-16(2,13)14/h10H,3-8H2,1-2H3,(H,11,12). The maximum atomic E-state index is 11.1. The predicted octanol–water partition coefficient (Wildman–Crippen LogP) is -1.23. The molecule has 0 aliphatic rings. The Morgan fingerprint density at radius 2 is 2.00 bits per heavy atom. The van der Waals surface area contributed by atoms with Crippen molar-refractivity contribution in [3.63, 3.8) is 0 Å². The van der Waals surface area contributed by atoms with Gasteiger partial charge in [-0.05, 0) is 13.0 Å². The number of hydrogen-bond donors (Lipinski definition) is 2. The molecule has 0 aliphatic carbocycles. The average molecular weight is 252 g/mol. The summed E-state index contributed by atoms with van der Waals surface area (Å²) < 4.78 is 26.3. The number of rotatable bonds is 9. The first kappa shape index (κ1) is 15.3. The highest BCUT2D eigenvalue weighted by molar-refractivity contribution is 7.90. The lowest BCUT2D eigenvalue weighted by molar-refractivity contribution is -0.120. The topological polar surface area (TPSA) is 84.5 Å². The second-order valence-electron chi connectivity index (χ2n) is 3.50. The lowest BCUT2D eigenvalue weighted by atomic mass is 10.4. The zero-order valence-electron chi connectivity index (χ0n) is 9.78. The van der Waals surface area contributed by atoms with Crippen LogP contribution in [-0.4, -0.2) is 59.7 Å². The number of hydrogen-bond acceptors (Lipinski definition) is 5. The van der Waals surface area contributed by atoms with Crippen LogP contribution in [0, 0.1) is 0 Å². The first-order valence-electron chi connectivity index (χ1n) is 5.10. The molecule has 0 spiro atoms. The van der Waals surface area contributed by atoms with Gasteiger partial charge in [0.1, 0.15) is 9.84 Å². The summed E-state index contributed by atoms with van der Waals surface area (Å²) in [4.78, 5) is 11.1. The van der Waals surface area contributed by atoms with Crippen molar-refractivity contribution in [2.24, 2.45) is 0 Å². The van der Waals surface area contributed by atoms with Gasteiger partial charge in [0.2, 0.25) is 5.91 Å². The molecule has 0 saturated carbocycles. The van der Waals surface area contributed by atoms with Crippen LogP contribution in [0.5, 0.6) is 0 Å². The van der Waals surface area contributed by atoms with Gasteiger partial charge in [0.05, 0.1) is 18.9 Å². The molecule has 0 radical (unpaired) electrons. The molecule has 96 valence electrons. The van der Waals surface area contributed by atoms with Crippen molar-refractivity contribution in [2.45, 2.75) is 6.42 Å². The van der Waals surface area contributed by atoms with Crippen LogP contribution < -0.4 is 10.6 Å². The van der Waals surface area contributed by atoms with Gasteiger partial charge in [-0.3, -0.25) is 4.79 Å². The van der Waals surface area contributed by atoms with E-state index in [-0.39, 0.29) is 18.2 Å². The number of amides is 1. The quantitative estimate of drug-likeness (QED) is 0.502. The van der Waals surface area contributed by atoms with Gasteiger partial charge in [0.25, 0.3) is 0 Å².